The van der Waals surface area contributed by atoms with Crippen LogP contribution in [-0.4, -0.2) is 79.1 Å². The van der Waals surface area contributed by atoms with Crippen molar-refractivity contribution in [1.82, 2.24) is 14.5 Å². The van der Waals surface area contributed by atoms with Crippen molar-refractivity contribution in [2.24, 2.45) is 22.7 Å². The SMILES string of the molecule is C=CC(=O)N1C[C@@H]2CN(c3c(S(C)(=O)=O)c(=O)n(/C(C(=NC)C(C)C)=C(\C)C=C)c4nc(-c5c(O)cccc5F)c(Cl)cc34)C[C@@H]2C1. The first-order valence-electron chi connectivity index (χ1n) is 15.1. The fraction of sp³-hybridized carbons (Fsp3) is 0.353. The van der Waals surface area contributed by atoms with Crippen LogP contribution in [0.25, 0.3) is 28.0 Å². The van der Waals surface area contributed by atoms with Crippen LogP contribution in [0.15, 0.2) is 69.8 Å². The minimum atomic E-state index is -4.19. The van der Waals surface area contributed by atoms with E-state index >= 15 is 4.39 Å². The van der Waals surface area contributed by atoms with Crippen LogP contribution < -0.4 is 10.5 Å². The second-order valence-electron chi connectivity index (χ2n) is 12.3. The Labute approximate surface area is 278 Å². The molecule has 0 spiro atoms. The highest BCUT2D eigenvalue weighted by molar-refractivity contribution is 7.90. The zero-order valence-corrected chi connectivity index (χ0v) is 28.5. The average molecular weight is 682 g/mol. The summed E-state index contributed by atoms with van der Waals surface area (Å²) in [5.74, 6) is -1.56. The number of likely N-dealkylation sites (tertiary alicyclic amines) is 1. The lowest BCUT2D eigenvalue weighted by Crippen LogP contribution is -2.36. The minimum absolute atomic E-state index is 0.00188. The molecule has 2 aromatic heterocycles. The number of carbonyl (C=O) groups excluding carboxylic acids is 1. The van der Waals surface area contributed by atoms with Gasteiger partial charge in [-0.1, -0.05) is 50.7 Å². The van der Waals surface area contributed by atoms with Crippen molar-refractivity contribution >= 4 is 55.5 Å². The highest BCUT2D eigenvalue weighted by Crippen LogP contribution is 2.43. The fourth-order valence-electron chi connectivity index (χ4n) is 6.74. The second-order valence-corrected chi connectivity index (χ2v) is 14.6. The van der Waals surface area contributed by atoms with Crippen LogP contribution in [0.3, 0.4) is 0 Å². The Kier molecular flexibility index (Phi) is 9.22. The Morgan fingerprint density at radius 3 is 2.32 bits per heavy atom. The van der Waals surface area contributed by atoms with E-state index in [1.807, 2.05) is 18.7 Å². The third kappa shape index (κ3) is 5.89. The van der Waals surface area contributed by atoms with Crippen LogP contribution in [0.4, 0.5) is 10.1 Å². The number of sulfone groups is 1. The van der Waals surface area contributed by atoms with Gasteiger partial charge in [-0.15, -0.1) is 0 Å². The monoisotopic (exact) mass is 681 g/mol. The number of allylic oxidation sites excluding steroid dienone is 3. The Morgan fingerprint density at radius 2 is 1.81 bits per heavy atom. The molecule has 0 unspecified atom stereocenters. The zero-order valence-electron chi connectivity index (χ0n) is 26.9. The summed E-state index contributed by atoms with van der Waals surface area (Å²) in [5.41, 5.74) is 0.136. The number of aromatic hydroxyl groups is 1. The average Bonchev–Trinajstić information content (AvgIpc) is 3.58. The van der Waals surface area contributed by atoms with Crippen molar-refractivity contribution in [3.8, 4) is 17.0 Å². The second kappa shape index (κ2) is 12.7. The number of aliphatic imine (C=N–C) groups is 1. The van der Waals surface area contributed by atoms with E-state index in [0.717, 1.165) is 12.3 Å². The number of carbonyl (C=O) groups is 1. The molecule has 1 N–H and O–H groups in total. The Morgan fingerprint density at radius 1 is 1.17 bits per heavy atom. The summed E-state index contributed by atoms with van der Waals surface area (Å²) < 4.78 is 43.7. The van der Waals surface area contributed by atoms with Gasteiger partial charge in [0.25, 0.3) is 5.56 Å². The van der Waals surface area contributed by atoms with E-state index in [0.29, 0.717) is 37.5 Å². The summed E-state index contributed by atoms with van der Waals surface area (Å²) in [4.78, 5) is 39.4. The number of benzene rings is 1. The molecule has 2 fully saturated rings. The largest absolute Gasteiger partial charge is 0.507 e. The molecule has 2 aliphatic heterocycles. The number of pyridine rings is 2. The molecule has 0 bridgehead atoms. The van der Waals surface area contributed by atoms with Crippen LogP contribution in [0, 0.1) is 23.6 Å². The van der Waals surface area contributed by atoms with Gasteiger partial charge in [-0.05, 0) is 42.7 Å². The smallest absolute Gasteiger partial charge is 0.277 e. The van der Waals surface area contributed by atoms with Crippen LogP contribution in [0.1, 0.15) is 20.8 Å². The molecule has 248 valence electrons. The third-order valence-electron chi connectivity index (χ3n) is 8.86. The number of phenols is 1. The van der Waals surface area contributed by atoms with Gasteiger partial charge >= 0.3 is 0 Å². The van der Waals surface area contributed by atoms with E-state index in [1.165, 1.54) is 34.9 Å². The van der Waals surface area contributed by atoms with E-state index < -0.39 is 31.9 Å². The van der Waals surface area contributed by atoms with Crippen molar-refractivity contribution in [3.05, 3.63) is 76.3 Å². The van der Waals surface area contributed by atoms with Crippen LogP contribution in [0.5, 0.6) is 5.75 Å². The van der Waals surface area contributed by atoms with Crippen LogP contribution in [-0.2, 0) is 14.6 Å². The number of hydrogen-bond acceptors (Lipinski definition) is 8. The number of aromatic nitrogens is 2. The number of halogens is 2. The first kappa shape index (κ1) is 34.1. The predicted molar refractivity (Wildman–Crippen MR) is 184 cm³/mol. The maximum Gasteiger partial charge on any atom is 0.277 e. The molecule has 2 atom stereocenters. The number of rotatable bonds is 8. The summed E-state index contributed by atoms with van der Waals surface area (Å²) in [7, 11) is -2.62. The third-order valence-corrected chi connectivity index (χ3v) is 10.3. The molecule has 2 saturated heterocycles. The summed E-state index contributed by atoms with van der Waals surface area (Å²) >= 11 is 6.79. The van der Waals surface area contributed by atoms with Crippen molar-refractivity contribution in [2.75, 3.05) is 44.4 Å². The number of anilines is 1. The number of fused-ring (bicyclic) bond motifs is 2. The Bertz CT molecular complexity index is 2040. The van der Waals surface area contributed by atoms with E-state index in [-0.39, 0.29) is 62.4 Å². The highest BCUT2D eigenvalue weighted by atomic mass is 35.5. The molecule has 0 aliphatic carbocycles. The van der Waals surface area contributed by atoms with Crippen molar-refractivity contribution < 1.29 is 22.7 Å². The molecule has 47 heavy (non-hydrogen) atoms. The summed E-state index contributed by atoms with van der Waals surface area (Å²) in [6, 6.07) is 5.25. The molecule has 2 aliphatic rings. The van der Waals surface area contributed by atoms with E-state index in [2.05, 4.69) is 18.2 Å². The lowest BCUT2D eigenvalue weighted by Gasteiger charge is -2.28. The summed E-state index contributed by atoms with van der Waals surface area (Å²) in [6.07, 6.45) is 3.78. The molecule has 0 saturated carbocycles. The lowest BCUT2D eigenvalue weighted by molar-refractivity contribution is -0.125. The van der Waals surface area contributed by atoms with Crippen LogP contribution >= 0.6 is 11.6 Å². The Balaban J connectivity index is 1.92. The van der Waals surface area contributed by atoms with Gasteiger partial charge in [0.15, 0.2) is 14.7 Å². The first-order valence-corrected chi connectivity index (χ1v) is 17.4. The predicted octanol–water partition coefficient (Wildman–Crippen LogP) is 5.19. The van der Waals surface area contributed by atoms with Crippen LogP contribution in [0.2, 0.25) is 5.02 Å². The molecule has 5 rings (SSSR count). The molecule has 1 amide bonds. The topological polar surface area (TPSA) is 125 Å². The zero-order chi connectivity index (χ0) is 34.5. The fourth-order valence-corrected chi connectivity index (χ4v) is 7.98. The Hall–Kier alpha value is -4.29. The molecular weight excluding hydrogens is 645 g/mol. The van der Waals surface area contributed by atoms with Gasteiger partial charge in [0, 0.05) is 56.7 Å². The van der Waals surface area contributed by atoms with E-state index in [9.17, 15) is 23.1 Å². The number of hydrogen-bond donors (Lipinski definition) is 1. The van der Waals surface area contributed by atoms with E-state index in [1.54, 1.807) is 18.9 Å². The maximum absolute atomic E-state index is 15.2. The van der Waals surface area contributed by atoms with Gasteiger partial charge in [0.1, 0.15) is 17.2 Å². The van der Waals surface area contributed by atoms with Gasteiger partial charge in [-0.25, -0.2) is 17.8 Å². The van der Waals surface area contributed by atoms with Crippen molar-refractivity contribution in [1.29, 1.82) is 0 Å². The van der Waals surface area contributed by atoms with E-state index in [4.69, 9.17) is 16.6 Å². The number of amides is 1. The normalized spacial score (nSPS) is 18.9. The van der Waals surface area contributed by atoms with Crippen molar-refractivity contribution in [3.63, 3.8) is 0 Å². The molecular formula is C34H37ClFN5O5S. The standard InChI is InChI=1S/C34H37ClFN5O5S/c1-8-19(5)30(28(37-6)18(3)4)41-33-22(13-23(35)29(38-33)27-24(36)11-10-12-25(27)42)31(32(34(41)44)47(7,45)46)40-16-20-14-39(26(43)9-2)15-21(20)17-40/h8-13,18,20-21,42H,1-2,14-17H2,3-7H3/b30-19+,37-28?/t20-,21+. The van der Waals surface area contributed by atoms with Gasteiger partial charge in [0.05, 0.1) is 33.4 Å². The van der Waals surface area contributed by atoms with Gasteiger partial charge in [0.2, 0.25) is 5.91 Å². The molecule has 4 heterocycles. The minimum Gasteiger partial charge on any atom is -0.507 e. The first-order chi connectivity index (χ1) is 22.1. The molecule has 10 nitrogen and oxygen atoms in total. The molecule has 13 heteroatoms. The number of nitrogens with zero attached hydrogens (tertiary/aromatic N) is 5. The lowest BCUT2D eigenvalue weighted by atomic mass is 10.00. The summed E-state index contributed by atoms with van der Waals surface area (Å²) in [6.45, 7) is 14.6. The van der Waals surface area contributed by atoms with Gasteiger partial charge < -0.3 is 14.9 Å². The highest BCUT2D eigenvalue weighted by Gasteiger charge is 2.43. The van der Waals surface area contributed by atoms with Crippen molar-refractivity contribution in [2.45, 2.75) is 25.7 Å². The van der Waals surface area contributed by atoms with Gasteiger partial charge in [-0.3, -0.25) is 19.1 Å². The number of phenolic OH excluding ortho intramolecular Hbond substituents is 1. The quantitative estimate of drug-likeness (QED) is 0.197. The molecule has 1 aromatic carbocycles. The summed E-state index contributed by atoms with van der Waals surface area (Å²) in [5, 5.41) is 10.9. The maximum atomic E-state index is 15.2. The van der Waals surface area contributed by atoms with Gasteiger partial charge in [-0.2, -0.15) is 0 Å². The molecule has 3 aromatic rings. The molecule has 0 radical (unpaired) electrons.